The van der Waals surface area contributed by atoms with Crippen molar-refractivity contribution < 1.29 is 48.3 Å². The lowest BCUT2D eigenvalue weighted by molar-refractivity contribution is -0.156. The summed E-state index contributed by atoms with van der Waals surface area (Å²) in [5, 5.41) is 17.9. The smallest absolute Gasteiger partial charge is 0.312 e. The summed E-state index contributed by atoms with van der Waals surface area (Å²) >= 11 is 0. The van der Waals surface area contributed by atoms with Crippen molar-refractivity contribution in [1.82, 2.24) is 0 Å². The molecular weight excluding hydrogens is 376 g/mol. The minimum Gasteiger partial charge on any atom is -0.481 e. The Balaban J connectivity index is 0.000000161. The monoisotopic (exact) mass is 400 g/mol. The number of methoxy groups -OCH3 is 2. The van der Waals surface area contributed by atoms with Crippen LogP contribution in [0.4, 0.5) is 0 Å². The van der Waals surface area contributed by atoms with E-state index in [0.29, 0.717) is 0 Å². The maximum atomic E-state index is 11.4. The molecule has 156 valence electrons. The van der Waals surface area contributed by atoms with Crippen LogP contribution in [0.3, 0.4) is 0 Å². The highest BCUT2D eigenvalue weighted by molar-refractivity contribution is 5.83. The van der Waals surface area contributed by atoms with E-state index in [1.54, 1.807) is 0 Å². The van der Waals surface area contributed by atoms with Gasteiger partial charge >= 0.3 is 23.9 Å². The molecule has 4 aliphatic rings. The van der Waals surface area contributed by atoms with E-state index in [9.17, 15) is 19.2 Å². The second kappa shape index (κ2) is 8.04. The Morgan fingerprint density at radius 3 is 1.18 bits per heavy atom. The zero-order valence-corrected chi connectivity index (χ0v) is 15.6. The van der Waals surface area contributed by atoms with Crippen molar-refractivity contribution in [3.63, 3.8) is 0 Å². The van der Waals surface area contributed by atoms with Crippen LogP contribution in [0.1, 0.15) is 25.7 Å². The lowest BCUT2D eigenvalue weighted by Gasteiger charge is -2.22. The van der Waals surface area contributed by atoms with Crippen LogP contribution in [0.15, 0.2) is 0 Å². The number of carbonyl (C=O) groups excluding carboxylic acids is 2. The molecule has 4 bridgehead atoms. The number of fused-ring (bicyclic) bond motifs is 4. The van der Waals surface area contributed by atoms with Gasteiger partial charge in [0, 0.05) is 0 Å². The molecule has 8 atom stereocenters. The molecule has 0 aromatic carbocycles. The molecule has 4 saturated heterocycles. The summed E-state index contributed by atoms with van der Waals surface area (Å²) in [5.41, 5.74) is 0. The SMILES string of the molecule is COC(=O)[C@@H]1[C@H](C(=O)O)[C@H]2CC[C@@H]1O2.COC(=O)[C@H]1[C@@H](C(=O)O)[C@@H]2CC[C@H]1O2. The van der Waals surface area contributed by atoms with Crippen LogP contribution in [0.2, 0.25) is 0 Å². The summed E-state index contributed by atoms with van der Waals surface area (Å²) in [5.74, 6) is -5.54. The number of carboxylic acid groups (broad SMARTS) is 2. The molecule has 0 aliphatic carbocycles. The molecule has 4 fully saturated rings. The third kappa shape index (κ3) is 3.46. The average Bonchev–Trinajstić information content (AvgIpc) is 3.45. The molecule has 0 aromatic rings. The summed E-state index contributed by atoms with van der Waals surface area (Å²) in [7, 11) is 2.54. The summed E-state index contributed by atoms with van der Waals surface area (Å²) in [6, 6.07) is 0. The van der Waals surface area contributed by atoms with E-state index in [0.717, 1.165) is 25.7 Å². The molecule has 0 amide bonds. The van der Waals surface area contributed by atoms with Gasteiger partial charge in [-0.1, -0.05) is 0 Å². The van der Waals surface area contributed by atoms with Gasteiger partial charge in [0.1, 0.15) is 0 Å². The van der Waals surface area contributed by atoms with Crippen LogP contribution in [0.25, 0.3) is 0 Å². The number of esters is 2. The van der Waals surface area contributed by atoms with Gasteiger partial charge in [-0.3, -0.25) is 19.2 Å². The Morgan fingerprint density at radius 1 is 0.643 bits per heavy atom. The van der Waals surface area contributed by atoms with Gasteiger partial charge in [0.2, 0.25) is 0 Å². The number of hydrogen-bond acceptors (Lipinski definition) is 8. The maximum absolute atomic E-state index is 11.4. The molecule has 2 N–H and O–H groups in total. The third-order valence-corrected chi connectivity index (χ3v) is 6.06. The van der Waals surface area contributed by atoms with E-state index in [1.807, 2.05) is 0 Å². The summed E-state index contributed by atoms with van der Waals surface area (Å²) < 4.78 is 20.0. The zero-order chi connectivity index (χ0) is 20.6. The molecule has 0 unspecified atom stereocenters. The lowest BCUT2D eigenvalue weighted by atomic mass is 9.79. The Kier molecular flexibility index (Phi) is 5.90. The predicted octanol–water partition coefficient (Wildman–Crippen LogP) is 0.0752. The molecule has 10 nitrogen and oxygen atoms in total. The topological polar surface area (TPSA) is 146 Å². The number of aliphatic carboxylic acids is 2. The maximum Gasteiger partial charge on any atom is 0.312 e. The van der Waals surface area contributed by atoms with Crippen LogP contribution >= 0.6 is 0 Å². The van der Waals surface area contributed by atoms with Crippen molar-refractivity contribution in [2.24, 2.45) is 23.7 Å². The van der Waals surface area contributed by atoms with E-state index in [-0.39, 0.29) is 24.4 Å². The molecule has 0 radical (unpaired) electrons. The summed E-state index contributed by atoms with van der Waals surface area (Å²) in [6.07, 6.45) is 1.86. The Labute approximate surface area is 161 Å². The molecule has 4 rings (SSSR count). The second-order valence-corrected chi connectivity index (χ2v) is 7.41. The van der Waals surface area contributed by atoms with Crippen LogP contribution in [0, 0.1) is 23.7 Å². The summed E-state index contributed by atoms with van der Waals surface area (Å²) in [4.78, 5) is 44.6. The Morgan fingerprint density at radius 2 is 0.929 bits per heavy atom. The highest BCUT2D eigenvalue weighted by atomic mass is 16.5. The largest absolute Gasteiger partial charge is 0.481 e. The number of rotatable bonds is 4. The zero-order valence-electron chi connectivity index (χ0n) is 15.6. The number of carboxylic acids is 2. The van der Waals surface area contributed by atoms with E-state index in [4.69, 9.17) is 19.7 Å². The highest BCUT2D eigenvalue weighted by Gasteiger charge is 2.57. The number of carbonyl (C=O) groups is 4. The molecule has 10 heteroatoms. The Bertz CT molecular complexity index is 605. The minimum absolute atomic E-state index is 0.256. The first-order valence-corrected chi connectivity index (χ1v) is 9.22. The van der Waals surface area contributed by atoms with Crippen LogP contribution in [-0.2, 0) is 38.1 Å². The first-order valence-electron chi connectivity index (χ1n) is 9.22. The van der Waals surface area contributed by atoms with E-state index in [2.05, 4.69) is 9.47 Å². The molecule has 28 heavy (non-hydrogen) atoms. The van der Waals surface area contributed by atoms with Gasteiger partial charge in [0.05, 0.1) is 62.3 Å². The minimum atomic E-state index is -0.965. The predicted molar refractivity (Wildman–Crippen MR) is 89.1 cm³/mol. The van der Waals surface area contributed by atoms with Gasteiger partial charge in [-0.25, -0.2) is 0 Å². The quantitative estimate of drug-likeness (QED) is 0.622. The molecule has 0 saturated carbocycles. The van der Waals surface area contributed by atoms with Gasteiger partial charge in [-0.05, 0) is 25.7 Å². The van der Waals surface area contributed by atoms with Gasteiger partial charge in [-0.2, -0.15) is 0 Å². The first-order chi connectivity index (χ1) is 13.3. The van der Waals surface area contributed by atoms with E-state index in [1.165, 1.54) is 14.2 Å². The highest BCUT2D eigenvalue weighted by Crippen LogP contribution is 2.44. The molecule has 4 heterocycles. The van der Waals surface area contributed by atoms with E-state index >= 15 is 0 Å². The summed E-state index contributed by atoms with van der Waals surface area (Å²) in [6.45, 7) is 0. The van der Waals surface area contributed by atoms with Gasteiger partial charge in [0.15, 0.2) is 0 Å². The average molecular weight is 400 g/mol. The lowest BCUT2D eigenvalue weighted by Crippen LogP contribution is -2.38. The number of hydrogen-bond donors (Lipinski definition) is 2. The van der Waals surface area contributed by atoms with Crippen molar-refractivity contribution >= 4 is 23.9 Å². The molecular formula is C18H24O10. The van der Waals surface area contributed by atoms with Crippen LogP contribution < -0.4 is 0 Å². The van der Waals surface area contributed by atoms with Crippen molar-refractivity contribution in [3.05, 3.63) is 0 Å². The standard InChI is InChI=1S/2C9H12O5/c2*1-13-9(12)7-5-3-2-4(14-5)6(7)8(10)11/h2*4-7H,2-3H2,1H3,(H,10,11)/t2*4-,5+,6-,7+/m10/s1. The van der Waals surface area contributed by atoms with Crippen molar-refractivity contribution in [2.45, 2.75) is 50.1 Å². The fourth-order valence-electron chi connectivity index (χ4n) is 4.85. The normalized spacial score (nSPS) is 39.8. The van der Waals surface area contributed by atoms with Crippen molar-refractivity contribution in [1.29, 1.82) is 0 Å². The van der Waals surface area contributed by atoms with Crippen LogP contribution in [-0.4, -0.2) is 72.7 Å². The Hall–Kier alpha value is -2.20. The van der Waals surface area contributed by atoms with Gasteiger partial charge in [0.25, 0.3) is 0 Å². The second-order valence-electron chi connectivity index (χ2n) is 7.41. The molecule has 0 aromatic heterocycles. The fourth-order valence-corrected chi connectivity index (χ4v) is 4.85. The van der Waals surface area contributed by atoms with Gasteiger partial charge < -0.3 is 29.2 Å². The first kappa shape index (κ1) is 20.5. The fraction of sp³-hybridized carbons (Fsp3) is 0.778. The molecule has 0 spiro atoms. The third-order valence-electron chi connectivity index (χ3n) is 6.06. The van der Waals surface area contributed by atoms with Gasteiger partial charge in [-0.15, -0.1) is 0 Å². The number of ether oxygens (including phenoxy) is 4. The van der Waals surface area contributed by atoms with E-state index < -0.39 is 47.5 Å². The van der Waals surface area contributed by atoms with Crippen LogP contribution in [0.5, 0.6) is 0 Å². The van der Waals surface area contributed by atoms with Crippen molar-refractivity contribution in [2.75, 3.05) is 14.2 Å². The molecule has 4 aliphatic heterocycles. The van der Waals surface area contributed by atoms with Crippen molar-refractivity contribution in [3.8, 4) is 0 Å².